The van der Waals surface area contributed by atoms with E-state index < -0.39 is 30.1 Å². The number of aliphatic carboxylic acids is 1. The lowest BCUT2D eigenvalue weighted by molar-refractivity contribution is -0.131. The van der Waals surface area contributed by atoms with E-state index in [0.29, 0.717) is 5.84 Å². The van der Waals surface area contributed by atoms with Gasteiger partial charge in [-0.2, -0.15) is 0 Å². The molecule has 1 fully saturated rings. The molecular weight excluding hydrogens is 348 g/mol. The molecule has 3 amide bonds. The fourth-order valence-corrected chi connectivity index (χ4v) is 3.16. The lowest BCUT2D eigenvalue weighted by Crippen LogP contribution is -2.65. The van der Waals surface area contributed by atoms with Crippen molar-refractivity contribution in [1.29, 1.82) is 0 Å². The average Bonchev–Trinajstić information content (AvgIpc) is 2.99. The molecule has 3 unspecified atom stereocenters. The molecule has 0 bridgehead atoms. The first-order chi connectivity index (χ1) is 12.8. The number of fused-ring (bicyclic) bond motifs is 1. The summed E-state index contributed by atoms with van der Waals surface area (Å²) in [5.41, 5.74) is 1.54. The third-order valence-electron chi connectivity index (χ3n) is 4.88. The number of urea groups is 1. The van der Waals surface area contributed by atoms with E-state index in [4.69, 9.17) is 5.11 Å². The van der Waals surface area contributed by atoms with Crippen LogP contribution in [0.4, 0.5) is 4.79 Å². The van der Waals surface area contributed by atoms with Gasteiger partial charge in [0.1, 0.15) is 12.0 Å². The van der Waals surface area contributed by atoms with Gasteiger partial charge in [0.2, 0.25) is 0 Å². The van der Waals surface area contributed by atoms with Crippen molar-refractivity contribution < 1.29 is 19.5 Å². The molecule has 142 valence electrons. The zero-order valence-corrected chi connectivity index (χ0v) is 15.3. The molecule has 1 aromatic rings. The van der Waals surface area contributed by atoms with E-state index in [0.717, 1.165) is 17.2 Å². The Morgan fingerprint density at radius 1 is 1.22 bits per heavy atom. The molecule has 1 aromatic carbocycles. The van der Waals surface area contributed by atoms with Gasteiger partial charge < -0.3 is 15.3 Å². The molecule has 0 saturated carbocycles. The van der Waals surface area contributed by atoms with Gasteiger partial charge in [0.15, 0.2) is 6.04 Å². The maximum Gasteiger partial charge on any atom is 0.328 e. The number of amides is 3. The van der Waals surface area contributed by atoms with Crippen LogP contribution < -0.4 is 10.6 Å². The van der Waals surface area contributed by atoms with Gasteiger partial charge in [-0.1, -0.05) is 38.1 Å². The second kappa shape index (κ2) is 7.22. The van der Waals surface area contributed by atoms with Crippen LogP contribution in [-0.4, -0.2) is 52.0 Å². The number of aliphatic imine (C=N–C) groups is 1. The number of carbonyl (C=O) groups excluding carboxylic acids is 2. The Bertz CT molecular complexity index is 829. The number of rotatable bonds is 5. The number of carboxylic acids is 1. The quantitative estimate of drug-likeness (QED) is 0.679. The molecular formula is C19H22N4O4. The van der Waals surface area contributed by atoms with E-state index in [-0.39, 0.29) is 12.0 Å². The monoisotopic (exact) mass is 370 g/mol. The van der Waals surface area contributed by atoms with Crippen molar-refractivity contribution in [3.8, 4) is 0 Å². The van der Waals surface area contributed by atoms with Gasteiger partial charge in [-0.25, -0.2) is 9.59 Å². The fraction of sp³-hybridized carbons (Fsp3) is 0.368. The second-order valence-corrected chi connectivity index (χ2v) is 6.99. The molecule has 1 saturated heterocycles. The van der Waals surface area contributed by atoms with Crippen molar-refractivity contribution in [3.05, 3.63) is 41.5 Å². The van der Waals surface area contributed by atoms with Crippen LogP contribution in [0, 0.1) is 5.92 Å². The summed E-state index contributed by atoms with van der Waals surface area (Å²) in [6.07, 6.45) is 2.05. The molecule has 8 nitrogen and oxygen atoms in total. The number of hydrogen-bond donors (Lipinski definition) is 3. The van der Waals surface area contributed by atoms with Crippen LogP contribution in [0.1, 0.15) is 31.9 Å². The summed E-state index contributed by atoms with van der Waals surface area (Å²) in [4.78, 5) is 41.2. The van der Waals surface area contributed by atoms with Crippen molar-refractivity contribution in [2.75, 3.05) is 0 Å². The smallest absolute Gasteiger partial charge is 0.328 e. The third kappa shape index (κ3) is 3.69. The summed E-state index contributed by atoms with van der Waals surface area (Å²) in [6, 6.07) is 6.05. The van der Waals surface area contributed by atoms with Crippen LogP contribution in [0.25, 0.3) is 6.08 Å². The van der Waals surface area contributed by atoms with E-state index in [1.807, 2.05) is 24.0 Å². The minimum absolute atomic E-state index is 0.0385. The van der Waals surface area contributed by atoms with Gasteiger partial charge in [-0.05, 0) is 24.5 Å². The maximum atomic E-state index is 12.2. The SMILES string of the molecule is CC(C)C(C)N1C(c2ccc(/C=C/C(=O)O)cc2)=NC2C(=O)NC(=O)NC21. The van der Waals surface area contributed by atoms with Gasteiger partial charge in [0.05, 0.1) is 0 Å². The van der Waals surface area contributed by atoms with Crippen LogP contribution in [0.5, 0.6) is 0 Å². The first-order valence-corrected chi connectivity index (χ1v) is 8.77. The Morgan fingerprint density at radius 2 is 1.89 bits per heavy atom. The molecule has 8 heteroatoms. The van der Waals surface area contributed by atoms with E-state index >= 15 is 0 Å². The van der Waals surface area contributed by atoms with Gasteiger partial charge in [-0.3, -0.25) is 15.1 Å². The van der Waals surface area contributed by atoms with Crippen molar-refractivity contribution in [2.24, 2.45) is 10.9 Å². The molecule has 0 aliphatic carbocycles. The van der Waals surface area contributed by atoms with Crippen molar-refractivity contribution in [1.82, 2.24) is 15.5 Å². The highest BCUT2D eigenvalue weighted by atomic mass is 16.4. The fourth-order valence-electron chi connectivity index (χ4n) is 3.16. The summed E-state index contributed by atoms with van der Waals surface area (Å²) >= 11 is 0. The predicted molar refractivity (Wildman–Crippen MR) is 100 cm³/mol. The zero-order valence-electron chi connectivity index (χ0n) is 15.3. The van der Waals surface area contributed by atoms with Crippen molar-refractivity contribution in [2.45, 2.75) is 39.0 Å². The van der Waals surface area contributed by atoms with E-state index in [2.05, 4.69) is 29.5 Å². The van der Waals surface area contributed by atoms with Crippen LogP contribution in [0.15, 0.2) is 35.3 Å². The Labute approximate surface area is 157 Å². The van der Waals surface area contributed by atoms with Gasteiger partial charge in [-0.15, -0.1) is 0 Å². The minimum Gasteiger partial charge on any atom is -0.478 e. The molecule has 27 heavy (non-hydrogen) atoms. The lowest BCUT2D eigenvalue weighted by atomic mass is 10.0. The molecule has 0 aromatic heterocycles. The summed E-state index contributed by atoms with van der Waals surface area (Å²) in [5, 5.41) is 13.8. The zero-order chi connectivity index (χ0) is 19.7. The van der Waals surface area contributed by atoms with Gasteiger partial charge >= 0.3 is 12.0 Å². The number of amidine groups is 1. The largest absolute Gasteiger partial charge is 0.478 e. The second-order valence-electron chi connectivity index (χ2n) is 6.99. The normalized spacial score (nSPS) is 23.1. The predicted octanol–water partition coefficient (Wildman–Crippen LogP) is 1.43. The van der Waals surface area contributed by atoms with Crippen molar-refractivity contribution in [3.63, 3.8) is 0 Å². The lowest BCUT2D eigenvalue weighted by Gasteiger charge is -2.38. The maximum absolute atomic E-state index is 12.2. The molecule has 2 heterocycles. The van der Waals surface area contributed by atoms with E-state index in [1.54, 1.807) is 12.1 Å². The summed E-state index contributed by atoms with van der Waals surface area (Å²) in [7, 11) is 0. The molecule has 3 atom stereocenters. The number of carboxylic acid groups (broad SMARTS) is 1. The van der Waals surface area contributed by atoms with Crippen LogP contribution in [0.2, 0.25) is 0 Å². The topological polar surface area (TPSA) is 111 Å². The Morgan fingerprint density at radius 3 is 2.48 bits per heavy atom. The van der Waals surface area contributed by atoms with E-state index in [9.17, 15) is 14.4 Å². The molecule has 3 rings (SSSR count). The Kier molecular flexibility index (Phi) is 4.98. The molecule has 0 spiro atoms. The third-order valence-corrected chi connectivity index (χ3v) is 4.88. The standard InChI is InChI=1S/C19H22N4O4/c1-10(2)11(3)23-16(20-15-17(23)21-19(27)22-18(15)26)13-7-4-12(5-8-13)6-9-14(24)25/h4-11,15,17H,1-3H3,(H,24,25)(H2,21,22,26,27)/b9-6+. The number of hydrogen-bond acceptors (Lipinski definition) is 5. The first-order valence-electron chi connectivity index (χ1n) is 8.77. The average molecular weight is 370 g/mol. The summed E-state index contributed by atoms with van der Waals surface area (Å²) in [6.45, 7) is 6.17. The van der Waals surface area contributed by atoms with Crippen LogP contribution in [-0.2, 0) is 9.59 Å². The molecule has 0 radical (unpaired) electrons. The molecule has 3 N–H and O–H groups in total. The van der Waals surface area contributed by atoms with Crippen molar-refractivity contribution >= 4 is 29.8 Å². The number of nitrogens with one attached hydrogen (secondary N) is 2. The number of imide groups is 1. The highest BCUT2D eigenvalue weighted by Gasteiger charge is 2.47. The Balaban J connectivity index is 1.96. The highest BCUT2D eigenvalue weighted by molar-refractivity contribution is 6.08. The number of nitrogens with zero attached hydrogens (tertiary/aromatic N) is 2. The summed E-state index contributed by atoms with van der Waals surface area (Å²) < 4.78 is 0. The first kappa shape index (κ1) is 18.6. The highest BCUT2D eigenvalue weighted by Crippen LogP contribution is 2.27. The number of carbonyl (C=O) groups is 3. The molecule has 2 aliphatic rings. The number of benzene rings is 1. The van der Waals surface area contributed by atoms with Gasteiger partial charge in [0.25, 0.3) is 5.91 Å². The van der Waals surface area contributed by atoms with Crippen LogP contribution in [0.3, 0.4) is 0 Å². The minimum atomic E-state index is -1.01. The van der Waals surface area contributed by atoms with E-state index in [1.165, 1.54) is 6.08 Å². The molecule has 2 aliphatic heterocycles. The van der Waals surface area contributed by atoms with Gasteiger partial charge in [0, 0.05) is 17.7 Å². The Hall–Kier alpha value is -3.16. The summed E-state index contributed by atoms with van der Waals surface area (Å²) in [5.74, 6) is -0.520. The van der Waals surface area contributed by atoms with Crippen LogP contribution >= 0.6 is 0 Å².